The van der Waals surface area contributed by atoms with Gasteiger partial charge in [0.05, 0.1) is 0 Å². The second-order valence-corrected chi connectivity index (χ2v) is 2.96. The van der Waals surface area contributed by atoms with E-state index in [1.165, 1.54) is 11.8 Å². The number of thioether (sulfide) groups is 1. The molecule has 0 bridgehead atoms. The third kappa shape index (κ3) is 7.93. The summed E-state index contributed by atoms with van der Waals surface area (Å²) in [6.45, 7) is 0.566. The van der Waals surface area contributed by atoms with Crippen LogP contribution in [0.15, 0.2) is 0 Å². The summed E-state index contributed by atoms with van der Waals surface area (Å²) in [6, 6.07) is -0.753. The fraction of sp³-hybridized carbons (Fsp3) is 0.800. The van der Waals surface area contributed by atoms with Crippen molar-refractivity contribution in [1.29, 1.82) is 0 Å². The van der Waals surface area contributed by atoms with Crippen molar-refractivity contribution in [1.82, 2.24) is 0 Å². The van der Waals surface area contributed by atoms with Gasteiger partial charge < -0.3 is 29.0 Å². The lowest BCUT2D eigenvalue weighted by molar-refractivity contribution is -0.137. The predicted octanol–water partition coefficient (Wildman–Crippen LogP) is -3.91. The molecule has 0 saturated heterocycles. The number of halogens is 1. The van der Waals surface area contributed by atoms with E-state index in [1.807, 2.05) is 0 Å². The molecule has 0 rings (SSSR count). The fourth-order valence-corrected chi connectivity index (χ4v) is 1.09. The highest BCUT2D eigenvalue weighted by Crippen LogP contribution is 1.99. The number of hydrogen-bond acceptors (Lipinski definition) is 4. The van der Waals surface area contributed by atoms with Gasteiger partial charge in [0.2, 0.25) is 0 Å². The molecule has 5 N–H and O–H groups in total. The van der Waals surface area contributed by atoms with Crippen molar-refractivity contribution in [2.75, 3.05) is 18.1 Å². The van der Waals surface area contributed by atoms with Gasteiger partial charge in [0.1, 0.15) is 6.04 Å². The van der Waals surface area contributed by atoms with Gasteiger partial charge in [0.15, 0.2) is 0 Å². The first-order valence-electron chi connectivity index (χ1n) is 2.94. The molecule has 0 spiro atoms. The number of carboxylic acids is 1. The van der Waals surface area contributed by atoms with Gasteiger partial charge in [-0.2, -0.15) is 11.8 Å². The van der Waals surface area contributed by atoms with E-state index in [0.717, 1.165) is 5.75 Å². The molecular weight excluding hydrogens is 188 g/mol. The second-order valence-electron chi connectivity index (χ2n) is 1.81. The monoisotopic (exact) mass is 199 g/mol. The Balaban J connectivity index is 0. The first-order chi connectivity index (χ1) is 4.68. The SMILES string of the molecule is NCCSCC(N)C(=O)O.[Cl-]. The fourth-order valence-electron chi connectivity index (χ4n) is 0.365. The molecule has 0 heterocycles. The molecule has 1 unspecified atom stereocenters. The summed E-state index contributed by atoms with van der Waals surface area (Å²) in [4.78, 5) is 10.1. The Labute approximate surface area is 76.1 Å². The van der Waals surface area contributed by atoms with Crippen molar-refractivity contribution in [2.45, 2.75) is 6.04 Å². The maximum absolute atomic E-state index is 10.1. The maximum atomic E-state index is 10.1. The lowest BCUT2D eigenvalue weighted by Gasteiger charge is -2.03. The minimum absolute atomic E-state index is 0. The van der Waals surface area contributed by atoms with Crippen LogP contribution >= 0.6 is 11.8 Å². The molecule has 1 atom stereocenters. The molecule has 0 fully saturated rings. The average Bonchev–Trinajstić information content (AvgIpc) is 1.88. The lowest BCUT2D eigenvalue weighted by atomic mass is 10.4. The van der Waals surface area contributed by atoms with Crippen LogP contribution in [0.2, 0.25) is 0 Å². The van der Waals surface area contributed by atoms with E-state index in [4.69, 9.17) is 16.6 Å². The largest absolute Gasteiger partial charge is 1.00 e. The van der Waals surface area contributed by atoms with E-state index in [9.17, 15) is 4.79 Å². The Morgan fingerprint density at radius 2 is 2.18 bits per heavy atom. The van der Waals surface area contributed by atoms with E-state index >= 15 is 0 Å². The molecule has 0 aliphatic rings. The summed E-state index contributed by atoms with van der Waals surface area (Å²) in [5, 5.41) is 8.31. The van der Waals surface area contributed by atoms with E-state index in [0.29, 0.717) is 12.3 Å². The predicted molar refractivity (Wildman–Crippen MR) is 42.0 cm³/mol. The van der Waals surface area contributed by atoms with Gasteiger partial charge in [0.25, 0.3) is 0 Å². The summed E-state index contributed by atoms with van der Waals surface area (Å²) in [7, 11) is 0. The van der Waals surface area contributed by atoms with Crippen molar-refractivity contribution < 1.29 is 22.3 Å². The summed E-state index contributed by atoms with van der Waals surface area (Å²) in [5.74, 6) is 0.248. The number of nitrogens with two attached hydrogens (primary N) is 2. The number of hydrogen-bond donors (Lipinski definition) is 3. The molecule has 0 aromatic heterocycles. The van der Waals surface area contributed by atoms with Crippen LogP contribution in [-0.4, -0.2) is 35.2 Å². The zero-order chi connectivity index (χ0) is 7.98. The Hall–Kier alpha value is 0.0300. The summed E-state index contributed by atoms with van der Waals surface area (Å²) in [5.41, 5.74) is 10.4. The number of aliphatic carboxylic acids is 1. The van der Waals surface area contributed by atoms with E-state index < -0.39 is 12.0 Å². The van der Waals surface area contributed by atoms with Gasteiger partial charge >= 0.3 is 5.97 Å². The topological polar surface area (TPSA) is 89.3 Å². The van der Waals surface area contributed by atoms with Crippen LogP contribution < -0.4 is 23.9 Å². The quantitative estimate of drug-likeness (QED) is 0.394. The zero-order valence-electron chi connectivity index (χ0n) is 6.00. The molecule has 0 aromatic rings. The Morgan fingerprint density at radius 3 is 2.55 bits per heavy atom. The minimum atomic E-state index is -0.954. The molecule has 11 heavy (non-hydrogen) atoms. The molecule has 0 aliphatic carbocycles. The third-order valence-corrected chi connectivity index (χ3v) is 2.00. The van der Waals surface area contributed by atoms with Crippen molar-refractivity contribution in [2.24, 2.45) is 11.5 Å². The summed E-state index contributed by atoms with van der Waals surface area (Å²) in [6.07, 6.45) is 0. The van der Waals surface area contributed by atoms with Gasteiger partial charge in [-0.1, -0.05) is 0 Å². The smallest absolute Gasteiger partial charge is 0.321 e. The Kier molecular flexibility index (Phi) is 10.1. The zero-order valence-corrected chi connectivity index (χ0v) is 7.57. The first-order valence-corrected chi connectivity index (χ1v) is 4.10. The average molecular weight is 200 g/mol. The van der Waals surface area contributed by atoms with E-state index in [-0.39, 0.29) is 12.4 Å². The van der Waals surface area contributed by atoms with Crippen LogP contribution in [0.1, 0.15) is 0 Å². The standard InChI is InChI=1S/C5H12N2O2S.ClH/c6-1-2-10-3-4(7)5(8)9;/h4H,1-3,6-7H2,(H,8,9);1H/p-1. The number of carbonyl (C=O) groups is 1. The lowest BCUT2D eigenvalue weighted by Crippen LogP contribution is -3.00. The van der Waals surface area contributed by atoms with Crippen molar-refractivity contribution in [3.05, 3.63) is 0 Å². The molecule has 6 heteroatoms. The highest BCUT2D eigenvalue weighted by Gasteiger charge is 2.09. The first kappa shape index (κ1) is 13.6. The number of rotatable bonds is 5. The summed E-state index contributed by atoms with van der Waals surface area (Å²) >= 11 is 1.46. The van der Waals surface area contributed by atoms with Crippen LogP contribution in [0, 0.1) is 0 Å². The maximum Gasteiger partial charge on any atom is 0.321 e. The molecule has 68 valence electrons. The van der Waals surface area contributed by atoms with Crippen LogP contribution in [0.25, 0.3) is 0 Å². The molecule has 0 amide bonds. The van der Waals surface area contributed by atoms with Crippen LogP contribution in [0.5, 0.6) is 0 Å². The third-order valence-electron chi connectivity index (χ3n) is 0.877. The molecule has 0 radical (unpaired) electrons. The molecule has 0 aliphatic heterocycles. The van der Waals surface area contributed by atoms with Gasteiger partial charge in [-0.25, -0.2) is 0 Å². The highest BCUT2D eigenvalue weighted by molar-refractivity contribution is 7.99. The molecule has 0 saturated carbocycles. The minimum Gasteiger partial charge on any atom is -1.00 e. The Bertz CT molecular complexity index is 115. The number of carboxylic acid groups (broad SMARTS) is 1. The van der Waals surface area contributed by atoms with Crippen molar-refractivity contribution in [3.8, 4) is 0 Å². The second kappa shape index (κ2) is 8.13. The van der Waals surface area contributed by atoms with Crippen molar-refractivity contribution in [3.63, 3.8) is 0 Å². The molecular formula is C5H12ClN2O2S-. The van der Waals surface area contributed by atoms with Gasteiger partial charge in [-0.15, -0.1) is 0 Å². The van der Waals surface area contributed by atoms with Gasteiger partial charge in [0, 0.05) is 18.1 Å². The van der Waals surface area contributed by atoms with Gasteiger partial charge in [-0.05, 0) is 0 Å². The van der Waals surface area contributed by atoms with Crippen LogP contribution in [-0.2, 0) is 4.79 Å². The normalized spacial score (nSPS) is 11.8. The van der Waals surface area contributed by atoms with E-state index in [2.05, 4.69) is 0 Å². The molecule has 0 aromatic carbocycles. The van der Waals surface area contributed by atoms with Crippen LogP contribution in [0.4, 0.5) is 0 Å². The highest BCUT2D eigenvalue weighted by atomic mass is 35.5. The van der Waals surface area contributed by atoms with Crippen molar-refractivity contribution >= 4 is 17.7 Å². The Morgan fingerprint density at radius 1 is 1.64 bits per heavy atom. The van der Waals surface area contributed by atoms with Gasteiger partial charge in [-0.3, -0.25) is 4.79 Å². The molecule has 4 nitrogen and oxygen atoms in total. The van der Waals surface area contributed by atoms with Crippen LogP contribution in [0.3, 0.4) is 0 Å². The van der Waals surface area contributed by atoms with E-state index in [1.54, 1.807) is 0 Å². The summed E-state index contributed by atoms with van der Waals surface area (Å²) < 4.78 is 0.